The third kappa shape index (κ3) is 4.20. The van der Waals surface area contributed by atoms with Gasteiger partial charge < -0.3 is 5.32 Å². The van der Waals surface area contributed by atoms with Crippen molar-refractivity contribution in [2.45, 2.75) is 38.8 Å². The largest absolute Gasteiger partial charge is 0.325 e. The number of anilines is 1. The average Bonchev–Trinajstić information content (AvgIpc) is 3.39. The van der Waals surface area contributed by atoms with E-state index in [2.05, 4.69) is 41.8 Å². The molecule has 0 unspecified atom stereocenters. The number of amides is 1. The maximum atomic E-state index is 12.4. The first kappa shape index (κ1) is 15.8. The zero-order chi connectivity index (χ0) is 16.2. The number of carbonyl (C=O) groups is 1. The van der Waals surface area contributed by atoms with Crippen LogP contribution in [-0.4, -0.2) is 11.9 Å². The van der Waals surface area contributed by atoms with Crippen molar-refractivity contribution < 1.29 is 4.79 Å². The summed E-state index contributed by atoms with van der Waals surface area (Å²) in [5, 5.41) is 6.49. The van der Waals surface area contributed by atoms with E-state index in [1.165, 1.54) is 24.0 Å². The van der Waals surface area contributed by atoms with Crippen molar-refractivity contribution >= 4 is 11.6 Å². The van der Waals surface area contributed by atoms with Gasteiger partial charge in [-0.1, -0.05) is 48.0 Å². The molecule has 1 amide bonds. The molecule has 0 spiro atoms. The maximum Gasteiger partial charge on any atom is 0.241 e. The van der Waals surface area contributed by atoms with Gasteiger partial charge in [0.1, 0.15) is 0 Å². The highest BCUT2D eigenvalue weighted by molar-refractivity contribution is 5.94. The lowest BCUT2D eigenvalue weighted by atomic mass is 10.00. The summed E-state index contributed by atoms with van der Waals surface area (Å²) in [4.78, 5) is 12.4. The topological polar surface area (TPSA) is 41.1 Å². The predicted octanol–water partition coefficient (Wildman–Crippen LogP) is 4.06. The number of aryl methyl sites for hydroxylation is 1. The Labute approximate surface area is 138 Å². The van der Waals surface area contributed by atoms with Crippen LogP contribution in [0, 0.1) is 12.8 Å². The third-order valence-corrected chi connectivity index (χ3v) is 4.39. The number of rotatable bonds is 6. The standard InChI is InChI=1S/C20H24N2O/c1-14-8-10-16(11-9-14)19(17-12-13-17)21-15(2)20(23)22-18-6-4-3-5-7-18/h3-11,15,17,19,21H,12-13H2,1-2H3,(H,22,23)/t15-,19-/m1/s1. The Morgan fingerprint density at radius 1 is 1.04 bits per heavy atom. The van der Waals surface area contributed by atoms with E-state index < -0.39 is 0 Å². The SMILES string of the molecule is Cc1ccc([C@@H](N[C@H](C)C(=O)Nc2ccccc2)C2CC2)cc1. The monoisotopic (exact) mass is 308 g/mol. The fourth-order valence-corrected chi connectivity index (χ4v) is 2.82. The molecule has 3 nitrogen and oxygen atoms in total. The van der Waals surface area contributed by atoms with E-state index in [-0.39, 0.29) is 18.0 Å². The van der Waals surface area contributed by atoms with Gasteiger partial charge in [-0.3, -0.25) is 10.1 Å². The normalized spacial score (nSPS) is 16.6. The van der Waals surface area contributed by atoms with Gasteiger partial charge in [0.25, 0.3) is 0 Å². The first-order valence-electron chi connectivity index (χ1n) is 8.32. The van der Waals surface area contributed by atoms with E-state index >= 15 is 0 Å². The molecule has 120 valence electrons. The molecular weight excluding hydrogens is 284 g/mol. The van der Waals surface area contributed by atoms with Crippen molar-refractivity contribution in [3.8, 4) is 0 Å². The van der Waals surface area contributed by atoms with Crippen molar-refractivity contribution in [3.05, 3.63) is 65.7 Å². The molecule has 1 fully saturated rings. The molecule has 2 aromatic carbocycles. The summed E-state index contributed by atoms with van der Waals surface area (Å²) in [6.45, 7) is 4.03. The summed E-state index contributed by atoms with van der Waals surface area (Å²) in [5.74, 6) is 0.652. The lowest BCUT2D eigenvalue weighted by Crippen LogP contribution is -2.40. The lowest BCUT2D eigenvalue weighted by Gasteiger charge is -2.23. The lowest BCUT2D eigenvalue weighted by molar-refractivity contribution is -0.118. The van der Waals surface area contributed by atoms with Gasteiger partial charge in [-0.15, -0.1) is 0 Å². The van der Waals surface area contributed by atoms with E-state index in [9.17, 15) is 4.79 Å². The highest BCUT2D eigenvalue weighted by Crippen LogP contribution is 2.41. The Kier molecular flexibility index (Phi) is 4.77. The summed E-state index contributed by atoms with van der Waals surface area (Å²) in [5.41, 5.74) is 3.38. The van der Waals surface area contributed by atoms with Crippen molar-refractivity contribution in [3.63, 3.8) is 0 Å². The van der Waals surface area contributed by atoms with E-state index in [1.54, 1.807) is 0 Å². The van der Waals surface area contributed by atoms with E-state index in [4.69, 9.17) is 0 Å². The van der Waals surface area contributed by atoms with Crippen molar-refractivity contribution in [2.75, 3.05) is 5.32 Å². The summed E-state index contributed by atoms with van der Waals surface area (Å²) < 4.78 is 0. The zero-order valence-electron chi connectivity index (χ0n) is 13.8. The summed E-state index contributed by atoms with van der Waals surface area (Å²) in [7, 11) is 0. The van der Waals surface area contributed by atoms with Gasteiger partial charge in [0.05, 0.1) is 6.04 Å². The number of carbonyl (C=O) groups excluding carboxylic acids is 1. The van der Waals surface area contributed by atoms with E-state index in [0.29, 0.717) is 5.92 Å². The molecule has 2 aromatic rings. The van der Waals surface area contributed by atoms with Gasteiger partial charge in [0.2, 0.25) is 5.91 Å². The minimum Gasteiger partial charge on any atom is -0.325 e. The van der Waals surface area contributed by atoms with Gasteiger partial charge in [0, 0.05) is 11.7 Å². The zero-order valence-corrected chi connectivity index (χ0v) is 13.8. The molecule has 0 bridgehead atoms. The molecule has 1 aliphatic rings. The fraction of sp³-hybridized carbons (Fsp3) is 0.350. The van der Waals surface area contributed by atoms with Crippen LogP contribution < -0.4 is 10.6 Å². The van der Waals surface area contributed by atoms with Crippen molar-refractivity contribution in [1.29, 1.82) is 0 Å². The fourth-order valence-electron chi connectivity index (χ4n) is 2.82. The highest BCUT2D eigenvalue weighted by atomic mass is 16.2. The van der Waals surface area contributed by atoms with E-state index in [0.717, 1.165) is 5.69 Å². The first-order valence-corrected chi connectivity index (χ1v) is 8.32. The van der Waals surface area contributed by atoms with Gasteiger partial charge in [0.15, 0.2) is 0 Å². The minimum absolute atomic E-state index is 0.00830. The second kappa shape index (κ2) is 6.97. The van der Waals surface area contributed by atoms with Gasteiger partial charge in [-0.2, -0.15) is 0 Å². The quantitative estimate of drug-likeness (QED) is 0.845. The molecule has 2 N–H and O–H groups in total. The summed E-state index contributed by atoms with van der Waals surface area (Å²) >= 11 is 0. The average molecular weight is 308 g/mol. The van der Waals surface area contributed by atoms with Crippen LogP contribution in [0.2, 0.25) is 0 Å². The number of hydrogen-bond donors (Lipinski definition) is 2. The molecule has 1 aliphatic carbocycles. The Balaban J connectivity index is 1.65. The molecule has 3 rings (SSSR count). The van der Waals surface area contributed by atoms with Crippen LogP contribution >= 0.6 is 0 Å². The molecule has 0 heterocycles. The van der Waals surface area contributed by atoms with Crippen LogP contribution in [0.25, 0.3) is 0 Å². The Morgan fingerprint density at radius 2 is 1.70 bits per heavy atom. The number of nitrogens with one attached hydrogen (secondary N) is 2. The molecule has 0 saturated heterocycles. The number of hydrogen-bond acceptors (Lipinski definition) is 2. The second-order valence-corrected chi connectivity index (χ2v) is 6.47. The highest BCUT2D eigenvalue weighted by Gasteiger charge is 2.33. The summed E-state index contributed by atoms with van der Waals surface area (Å²) in [6.07, 6.45) is 2.47. The second-order valence-electron chi connectivity index (χ2n) is 6.47. The smallest absolute Gasteiger partial charge is 0.241 e. The van der Waals surface area contributed by atoms with Gasteiger partial charge in [-0.25, -0.2) is 0 Å². The van der Waals surface area contributed by atoms with Crippen LogP contribution in [0.3, 0.4) is 0 Å². The summed E-state index contributed by atoms with van der Waals surface area (Å²) in [6, 6.07) is 18.3. The van der Waals surface area contributed by atoms with E-state index in [1.807, 2.05) is 37.3 Å². The van der Waals surface area contributed by atoms with Gasteiger partial charge >= 0.3 is 0 Å². The molecule has 3 heteroatoms. The number of benzene rings is 2. The molecule has 0 aliphatic heterocycles. The van der Waals surface area contributed by atoms with Crippen molar-refractivity contribution in [2.24, 2.45) is 5.92 Å². The molecule has 2 atom stereocenters. The van der Waals surface area contributed by atoms with Crippen LogP contribution in [0.1, 0.15) is 36.9 Å². The Hall–Kier alpha value is -2.13. The van der Waals surface area contributed by atoms with Crippen LogP contribution in [0.4, 0.5) is 5.69 Å². The predicted molar refractivity (Wildman–Crippen MR) is 94.3 cm³/mol. The molecule has 1 saturated carbocycles. The van der Waals surface area contributed by atoms with Crippen LogP contribution in [0.5, 0.6) is 0 Å². The van der Waals surface area contributed by atoms with Gasteiger partial charge in [-0.05, 0) is 50.3 Å². The third-order valence-electron chi connectivity index (χ3n) is 4.39. The first-order chi connectivity index (χ1) is 11.1. The molecule has 0 aromatic heterocycles. The van der Waals surface area contributed by atoms with Crippen LogP contribution in [-0.2, 0) is 4.79 Å². The molecule has 23 heavy (non-hydrogen) atoms. The number of para-hydroxylation sites is 1. The Morgan fingerprint density at radius 3 is 2.30 bits per heavy atom. The minimum atomic E-state index is -0.234. The molecular formula is C20H24N2O. The molecule has 0 radical (unpaired) electrons. The van der Waals surface area contributed by atoms with Crippen molar-refractivity contribution in [1.82, 2.24) is 5.32 Å². The Bertz CT molecular complexity index is 647. The van der Waals surface area contributed by atoms with Crippen LogP contribution in [0.15, 0.2) is 54.6 Å². The maximum absolute atomic E-state index is 12.4.